The smallest absolute Gasteiger partial charge is 0.335 e. The first-order chi connectivity index (χ1) is 18.8. The van der Waals surface area contributed by atoms with Gasteiger partial charge in [0.2, 0.25) is 0 Å². The number of fused-ring (bicyclic) bond motifs is 2. The molecule has 0 atom stereocenters. The zero-order valence-corrected chi connectivity index (χ0v) is 22.4. The van der Waals surface area contributed by atoms with Crippen molar-refractivity contribution in [3.05, 3.63) is 94.8 Å². The van der Waals surface area contributed by atoms with Crippen LogP contribution in [0.1, 0.15) is 44.3 Å². The summed E-state index contributed by atoms with van der Waals surface area (Å²) in [7, 11) is 1.76. The summed E-state index contributed by atoms with van der Waals surface area (Å²) in [4.78, 5) is 37.4. The lowest BCUT2D eigenvalue weighted by molar-refractivity contribution is 0.0696. The minimum absolute atomic E-state index is 0.122. The van der Waals surface area contributed by atoms with Crippen LogP contribution >= 0.6 is 0 Å². The number of amides is 1. The number of carboxylic acid groups (broad SMARTS) is 1. The summed E-state index contributed by atoms with van der Waals surface area (Å²) < 4.78 is 6.09. The first-order valence-electron chi connectivity index (χ1n) is 12.9. The third kappa shape index (κ3) is 4.93. The molecule has 2 aromatic heterocycles. The Labute approximate surface area is 227 Å². The van der Waals surface area contributed by atoms with Crippen LogP contribution in [-0.4, -0.2) is 47.2 Å². The maximum absolute atomic E-state index is 13.3. The number of aromatic carboxylic acids is 1. The molecule has 0 spiro atoms. The number of carbonyl (C=O) groups excluding carboxylic acids is 1. The van der Waals surface area contributed by atoms with E-state index in [1.807, 2.05) is 67.3 Å². The van der Waals surface area contributed by atoms with Crippen molar-refractivity contribution in [2.75, 3.05) is 30.0 Å². The second-order valence-electron chi connectivity index (χ2n) is 9.58. The zero-order chi connectivity index (χ0) is 27.7. The quantitative estimate of drug-likeness (QED) is 0.326. The highest BCUT2D eigenvalue weighted by Gasteiger charge is 2.30. The molecule has 3 heterocycles. The molecule has 0 saturated heterocycles. The van der Waals surface area contributed by atoms with E-state index < -0.39 is 5.97 Å². The Morgan fingerprint density at radius 3 is 2.41 bits per heavy atom. The molecule has 0 unspecified atom stereocenters. The Hall–Kier alpha value is -4.72. The molecule has 198 valence electrons. The molecule has 0 fully saturated rings. The average molecular weight is 523 g/mol. The van der Waals surface area contributed by atoms with Gasteiger partial charge in [0.05, 0.1) is 23.4 Å². The Balaban J connectivity index is 1.31. The summed E-state index contributed by atoms with van der Waals surface area (Å²) >= 11 is 0. The van der Waals surface area contributed by atoms with E-state index in [1.54, 1.807) is 37.3 Å². The fourth-order valence-corrected chi connectivity index (χ4v) is 4.91. The number of carbonyl (C=O) groups is 2. The van der Waals surface area contributed by atoms with E-state index in [2.05, 4.69) is 9.97 Å². The van der Waals surface area contributed by atoms with Crippen LogP contribution in [0.15, 0.2) is 67.0 Å². The molecule has 0 radical (unpaired) electrons. The van der Waals surface area contributed by atoms with E-state index in [0.717, 1.165) is 39.3 Å². The number of hydrogen-bond acceptors (Lipinski definition) is 6. The van der Waals surface area contributed by atoms with Gasteiger partial charge in [-0.25, -0.2) is 14.8 Å². The molecule has 1 amide bonds. The number of aryl methyl sites for hydroxylation is 2. The van der Waals surface area contributed by atoms with Gasteiger partial charge in [0.15, 0.2) is 5.82 Å². The summed E-state index contributed by atoms with van der Waals surface area (Å²) in [6.45, 7) is 6.86. The van der Waals surface area contributed by atoms with Crippen molar-refractivity contribution in [2.24, 2.45) is 0 Å². The van der Waals surface area contributed by atoms with Crippen molar-refractivity contribution < 1.29 is 19.4 Å². The van der Waals surface area contributed by atoms with Crippen LogP contribution in [-0.2, 0) is 6.42 Å². The monoisotopic (exact) mass is 522 g/mol. The third-order valence-electron chi connectivity index (χ3n) is 7.03. The summed E-state index contributed by atoms with van der Waals surface area (Å²) in [6, 6.07) is 16.9. The summed E-state index contributed by atoms with van der Waals surface area (Å²) in [6.07, 6.45) is 4.11. The minimum atomic E-state index is -0.926. The molecular formula is C31H30N4O4. The second kappa shape index (κ2) is 10.6. The number of benzene rings is 2. The van der Waals surface area contributed by atoms with E-state index in [-0.39, 0.29) is 5.91 Å². The molecule has 2 aromatic carbocycles. The van der Waals surface area contributed by atoms with Crippen molar-refractivity contribution in [1.29, 1.82) is 0 Å². The van der Waals surface area contributed by atoms with E-state index in [9.17, 15) is 14.7 Å². The van der Waals surface area contributed by atoms with E-state index in [0.29, 0.717) is 42.3 Å². The summed E-state index contributed by atoms with van der Waals surface area (Å²) in [5.41, 5.74) is 6.16. The highest BCUT2D eigenvalue weighted by molar-refractivity contribution is 6.12. The number of rotatable bonds is 7. The molecule has 5 rings (SSSR count). The molecule has 0 bridgehead atoms. The minimum Gasteiger partial charge on any atom is -0.493 e. The number of hydrogen-bond donors (Lipinski definition) is 1. The third-order valence-corrected chi connectivity index (χ3v) is 7.03. The van der Waals surface area contributed by atoms with Crippen molar-refractivity contribution in [2.45, 2.75) is 27.2 Å². The number of aromatic nitrogens is 2. The van der Waals surface area contributed by atoms with Crippen LogP contribution in [0.5, 0.6) is 5.75 Å². The summed E-state index contributed by atoms with van der Waals surface area (Å²) in [5, 5.41) is 9.28. The summed E-state index contributed by atoms with van der Waals surface area (Å²) in [5.74, 6) is 1.04. The molecule has 8 heteroatoms. The van der Waals surface area contributed by atoms with E-state index >= 15 is 0 Å². The molecule has 39 heavy (non-hydrogen) atoms. The van der Waals surface area contributed by atoms with Gasteiger partial charge in [-0.15, -0.1) is 0 Å². The normalized spacial score (nSPS) is 12.6. The number of pyridine rings is 2. The lowest BCUT2D eigenvalue weighted by Crippen LogP contribution is -2.25. The molecule has 1 N–H and O–H groups in total. The molecule has 0 aliphatic carbocycles. The standard InChI is InChI=1S/C31H30N4O4/c1-5-35-28-25(30(36)34(4)26-7-6-13-32-29(26)35)17-21(18-33-28)12-14-39-27-11-9-23(16-20(27)3)22-8-10-24(31(37)38)19(2)15-22/h6-11,13,15-18H,5,12,14H2,1-4H3,(H,37,38). The van der Waals surface area contributed by atoms with Crippen molar-refractivity contribution in [1.82, 2.24) is 9.97 Å². The fourth-order valence-electron chi connectivity index (χ4n) is 4.91. The first-order valence-corrected chi connectivity index (χ1v) is 12.9. The Morgan fingerprint density at radius 1 is 0.974 bits per heavy atom. The van der Waals surface area contributed by atoms with Crippen LogP contribution in [0.25, 0.3) is 11.1 Å². The molecule has 1 aliphatic rings. The van der Waals surface area contributed by atoms with Gasteiger partial charge >= 0.3 is 5.97 Å². The Morgan fingerprint density at radius 2 is 1.72 bits per heavy atom. The maximum atomic E-state index is 13.3. The van der Waals surface area contributed by atoms with Crippen molar-refractivity contribution in [3.63, 3.8) is 0 Å². The highest BCUT2D eigenvalue weighted by Crippen LogP contribution is 2.37. The average Bonchev–Trinajstić information content (AvgIpc) is 3.02. The van der Waals surface area contributed by atoms with Gasteiger partial charge in [0, 0.05) is 32.4 Å². The number of carboxylic acids is 1. The van der Waals surface area contributed by atoms with E-state index in [4.69, 9.17) is 4.74 Å². The van der Waals surface area contributed by atoms with Crippen molar-refractivity contribution in [3.8, 4) is 16.9 Å². The molecule has 8 nitrogen and oxygen atoms in total. The first kappa shape index (κ1) is 25.9. The van der Waals surface area contributed by atoms with Gasteiger partial charge in [0.25, 0.3) is 5.91 Å². The maximum Gasteiger partial charge on any atom is 0.335 e. The Kier molecular flexibility index (Phi) is 7.02. The van der Waals surface area contributed by atoms with Gasteiger partial charge in [0.1, 0.15) is 11.6 Å². The van der Waals surface area contributed by atoms with Gasteiger partial charge in [-0.05, 0) is 85.0 Å². The van der Waals surface area contributed by atoms with Crippen molar-refractivity contribution >= 4 is 29.2 Å². The van der Waals surface area contributed by atoms with Crippen LogP contribution in [0.2, 0.25) is 0 Å². The molecule has 1 aliphatic heterocycles. The van der Waals surface area contributed by atoms with Gasteiger partial charge in [-0.2, -0.15) is 0 Å². The van der Waals surface area contributed by atoms with Crippen LogP contribution in [0, 0.1) is 13.8 Å². The van der Waals surface area contributed by atoms with Gasteiger partial charge < -0.3 is 19.6 Å². The molecule has 4 aromatic rings. The SMILES string of the molecule is CCN1c2ncc(CCOc3ccc(-c4ccc(C(=O)O)c(C)c4)cc3C)cc2C(=O)N(C)c2cccnc21. The largest absolute Gasteiger partial charge is 0.493 e. The number of anilines is 3. The number of ether oxygens (including phenoxy) is 1. The lowest BCUT2D eigenvalue weighted by atomic mass is 9.98. The Bertz CT molecular complexity index is 1580. The predicted molar refractivity (Wildman–Crippen MR) is 151 cm³/mol. The van der Waals surface area contributed by atoms with Crippen LogP contribution < -0.4 is 14.5 Å². The topological polar surface area (TPSA) is 95.9 Å². The van der Waals surface area contributed by atoms with E-state index in [1.165, 1.54) is 0 Å². The highest BCUT2D eigenvalue weighted by atomic mass is 16.5. The predicted octanol–water partition coefficient (Wildman–Crippen LogP) is 5.83. The fraction of sp³-hybridized carbons (Fsp3) is 0.226. The zero-order valence-electron chi connectivity index (χ0n) is 22.4. The lowest BCUT2D eigenvalue weighted by Gasteiger charge is -2.22. The van der Waals surface area contributed by atoms with Gasteiger partial charge in [-0.3, -0.25) is 4.79 Å². The second-order valence-corrected chi connectivity index (χ2v) is 9.58. The number of nitrogens with zero attached hydrogens (tertiary/aromatic N) is 4. The van der Waals surface area contributed by atoms with Gasteiger partial charge in [-0.1, -0.05) is 18.2 Å². The molecular weight excluding hydrogens is 492 g/mol. The molecule has 0 saturated carbocycles. The van der Waals surface area contributed by atoms with Crippen LogP contribution in [0.4, 0.5) is 17.3 Å². The van der Waals surface area contributed by atoms with Crippen LogP contribution in [0.3, 0.4) is 0 Å².